The highest BCUT2D eigenvalue weighted by Crippen LogP contribution is 2.76. The number of aliphatic hydroxyl groups excluding tert-OH is 2. The zero-order chi connectivity index (χ0) is 25.7. The van der Waals surface area contributed by atoms with Gasteiger partial charge in [0.2, 0.25) is 5.79 Å². The Labute approximate surface area is 210 Å². The van der Waals surface area contributed by atoms with E-state index in [2.05, 4.69) is 6.58 Å². The predicted octanol–water partition coefficient (Wildman–Crippen LogP) is 2.64. The third-order valence-electron chi connectivity index (χ3n) is 10.3. The van der Waals surface area contributed by atoms with Crippen molar-refractivity contribution >= 4 is 17.8 Å². The Morgan fingerprint density at radius 1 is 1.17 bits per heavy atom. The van der Waals surface area contributed by atoms with E-state index in [0.29, 0.717) is 25.7 Å². The van der Waals surface area contributed by atoms with Crippen LogP contribution in [-0.4, -0.2) is 57.8 Å². The molecule has 3 N–H and O–H groups in total. The van der Waals surface area contributed by atoms with Gasteiger partial charge < -0.3 is 24.8 Å². The molecule has 4 bridgehead atoms. The van der Waals surface area contributed by atoms with Crippen LogP contribution in [0.15, 0.2) is 48.6 Å². The van der Waals surface area contributed by atoms with Crippen molar-refractivity contribution in [1.82, 2.24) is 0 Å². The first-order valence-corrected chi connectivity index (χ1v) is 12.9. The number of benzene rings is 1. The van der Waals surface area contributed by atoms with Gasteiger partial charge in [-0.05, 0) is 54.2 Å². The fraction of sp³-hybridized carbons (Fsp3) is 0.586. The SMILES string of the molecule is C=C1C(=O)C23C(OC(=O)C=Cc4ccccc4)C1CCC2C12COC3(O)C(O)C1C(C)(C)CCC2O. The van der Waals surface area contributed by atoms with Gasteiger partial charge in [0.05, 0.1) is 12.7 Å². The van der Waals surface area contributed by atoms with E-state index in [9.17, 15) is 24.9 Å². The van der Waals surface area contributed by atoms with E-state index in [1.807, 2.05) is 44.2 Å². The maximum Gasteiger partial charge on any atom is 0.331 e. The first kappa shape index (κ1) is 24.0. The maximum atomic E-state index is 14.1. The molecule has 4 saturated carbocycles. The first-order chi connectivity index (χ1) is 17.0. The Bertz CT molecular complexity index is 1160. The summed E-state index contributed by atoms with van der Waals surface area (Å²) < 4.78 is 12.0. The molecule has 2 aliphatic heterocycles. The van der Waals surface area contributed by atoms with Crippen LogP contribution in [0, 0.1) is 34.0 Å². The minimum atomic E-state index is -2.25. The molecule has 7 rings (SSSR count). The molecule has 7 nitrogen and oxygen atoms in total. The number of ketones is 1. The van der Waals surface area contributed by atoms with Crippen LogP contribution in [0.2, 0.25) is 0 Å². The molecule has 9 atom stereocenters. The first-order valence-electron chi connectivity index (χ1n) is 12.9. The summed E-state index contributed by atoms with van der Waals surface area (Å²) in [6.07, 6.45) is 1.94. The van der Waals surface area contributed by atoms with Crippen molar-refractivity contribution in [2.75, 3.05) is 6.61 Å². The molecule has 2 heterocycles. The molecule has 0 amide bonds. The lowest BCUT2D eigenvalue weighted by Gasteiger charge is -2.74. The number of carbonyl (C=O) groups excluding carboxylic acids is 2. The molecule has 7 heteroatoms. The second kappa shape index (κ2) is 7.60. The monoisotopic (exact) mass is 494 g/mol. The maximum absolute atomic E-state index is 14.1. The second-order valence-corrected chi connectivity index (χ2v) is 12.1. The van der Waals surface area contributed by atoms with Crippen molar-refractivity contribution in [3.05, 3.63) is 54.1 Å². The van der Waals surface area contributed by atoms with Crippen molar-refractivity contribution in [1.29, 1.82) is 0 Å². The Morgan fingerprint density at radius 2 is 1.89 bits per heavy atom. The van der Waals surface area contributed by atoms with Gasteiger partial charge in [0, 0.05) is 23.3 Å². The molecule has 2 saturated heterocycles. The lowest BCUT2D eigenvalue weighted by Crippen LogP contribution is -2.85. The van der Waals surface area contributed by atoms with Gasteiger partial charge in [-0.15, -0.1) is 0 Å². The van der Waals surface area contributed by atoms with Crippen molar-refractivity contribution in [3.63, 3.8) is 0 Å². The Kier molecular flexibility index (Phi) is 5.08. The average Bonchev–Trinajstić information content (AvgIpc) is 2.96. The van der Waals surface area contributed by atoms with Crippen LogP contribution < -0.4 is 0 Å². The van der Waals surface area contributed by atoms with Crippen LogP contribution in [0.1, 0.15) is 45.1 Å². The van der Waals surface area contributed by atoms with Gasteiger partial charge in [-0.3, -0.25) is 4.79 Å². The normalized spacial score (nSPS) is 46.5. The quantitative estimate of drug-likeness (QED) is 0.437. The molecule has 36 heavy (non-hydrogen) atoms. The second-order valence-electron chi connectivity index (χ2n) is 12.1. The van der Waals surface area contributed by atoms with Gasteiger partial charge in [0.15, 0.2) is 5.78 Å². The van der Waals surface area contributed by atoms with E-state index in [1.54, 1.807) is 6.08 Å². The smallest absolute Gasteiger partial charge is 0.331 e. The van der Waals surface area contributed by atoms with Gasteiger partial charge in [0.25, 0.3) is 0 Å². The number of aliphatic hydroxyl groups is 3. The zero-order valence-electron chi connectivity index (χ0n) is 20.7. The summed E-state index contributed by atoms with van der Waals surface area (Å²) in [5, 5.41) is 35.4. The number of hydrogen-bond acceptors (Lipinski definition) is 7. The number of Topliss-reactive ketones (excluding diaryl/α,β-unsaturated/α-hetero) is 1. The highest BCUT2D eigenvalue weighted by Gasteiger charge is 2.87. The Hall–Kier alpha value is -2.32. The number of esters is 1. The van der Waals surface area contributed by atoms with Crippen LogP contribution in [0.4, 0.5) is 0 Å². The fourth-order valence-corrected chi connectivity index (χ4v) is 8.93. The molecule has 1 aromatic rings. The summed E-state index contributed by atoms with van der Waals surface area (Å²) in [4.78, 5) is 27.1. The summed E-state index contributed by atoms with van der Waals surface area (Å²) in [6.45, 7) is 8.16. The van der Waals surface area contributed by atoms with Gasteiger partial charge in [0.1, 0.15) is 17.6 Å². The number of hydrogen-bond donors (Lipinski definition) is 3. The van der Waals surface area contributed by atoms with Crippen molar-refractivity contribution in [2.24, 2.45) is 34.0 Å². The molecule has 4 aliphatic carbocycles. The van der Waals surface area contributed by atoms with Crippen LogP contribution >= 0.6 is 0 Å². The topological polar surface area (TPSA) is 113 Å². The molecule has 0 aromatic heterocycles. The molecule has 6 fully saturated rings. The summed E-state index contributed by atoms with van der Waals surface area (Å²) in [7, 11) is 0. The zero-order valence-corrected chi connectivity index (χ0v) is 20.7. The number of carbonyl (C=O) groups is 2. The Morgan fingerprint density at radius 3 is 2.61 bits per heavy atom. The molecule has 0 radical (unpaired) electrons. The minimum absolute atomic E-state index is 0.0429. The van der Waals surface area contributed by atoms with E-state index in [-0.39, 0.29) is 12.2 Å². The molecule has 192 valence electrons. The highest BCUT2D eigenvalue weighted by molar-refractivity contribution is 6.05. The van der Waals surface area contributed by atoms with Crippen molar-refractivity contribution in [3.8, 4) is 0 Å². The molecule has 9 unspecified atom stereocenters. The molecule has 6 aliphatic rings. The van der Waals surface area contributed by atoms with Crippen LogP contribution in [0.3, 0.4) is 0 Å². The molecule has 2 spiro atoms. The summed E-state index contributed by atoms with van der Waals surface area (Å²) in [6, 6.07) is 9.31. The van der Waals surface area contributed by atoms with Crippen molar-refractivity contribution in [2.45, 2.75) is 63.6 Å². The summed E-state index contributed by atoms with van der Waals surface area (Å²) in [5.41, 5.74) is -1.94. The van der Waals surface area contributed by atoms with E-state index in [1.165, 1.54) is 6.08 Å². The van der Waals surface area contributed by atoms with E-state index in [0.717, 1.165) is 5.56 Å². The third kappa shape index (κ3) is 2.67. The van der Waals surface area contributed by atoms with E-state index < -0.39 is 69.9 Å². The standard InChI is InChI=1S/C29H34O7/c1-16-18-10-11-19-27-15-35-29(34,24(33)22(27)26(2,3)14-13-20(27)30)28(19,23(16)32)25(18)36-21(31)12-9-17-7-5-4-6-8-17/h4-9,12,18-20,22,24-25,30,33-34H,1,10-11,13-15H2,2-3H3. The molecule has 1 aromatic carbocycles. The van der Waals surface area contributed by atoms with Gasteiger partial charge in [-0.1, -0.05) is 50.8 Å². The van der Waals surface area contributed by atoms with Gasteiger partial charge >= 0.3 is 5.97 Å². The molecular formula is C29H34O7. The highest BCUT2D eigenvalue weighted by atomic mass is 16.6. The van der Waals surface area contributed by atoms with Crippen LogP contribution in [0.5, 0.6) is 0 Å². The van der Waals surface area contributed by atoms with E-state index >= 15 is 0 Å². The molecular weight excluding hydrogens is 460 g/mol. The van der Waals surface area contributed by atoms with Gasteiger partial charge in [-0.25, -0.2) is 4.79 Å². The average molecular weight is 495 g/mol. The fourth-order valence-electron chi connectivity index (χ4n) is 8.93. The number of fused-ring (bicyclic) bond motifs is 2. The summed E-state index contributed by atoms with van der Waals surface area (Å²) >= 11 is 0. The number of ether oxygens (including phenoxy) is 2. The third-order valence-corrected chi connectivity index (χ3v) is 10.3. The van der Waals surface area contributed by atoms with Crippen LogP contribution in [0.25, 0.3) is 6.08 Å². The van der Waals surface area contributed by atoms with E-state index in [4.69, 9.17) is 9.47 Å². The van der Waals surface area contributed by atoms with Crippen molar-refractivity contribution < 1.29 is 34.4 Å². The predicted molar refractivity (Wildman–Crippen MR) is 130 cm³/mol. The number of rotatable bonds is 3. The van der Waals surface area contributed by atoms with Gasteiger partial charge in [-0.2, -0.15) is 0 Å². The van der Waals surface area contributed by atoms with Crippen LogP contribution in [-0.2, 0) is 19.1 Å². The Balaban J connectivity index is 1.46. The summed E-state index contributed by atoms with van der Waals surface area (Å²) in [5.74, 6) is -4.79. The largest absolute Gasteiger partial charge is 0.457 e. The minimum Gasteiger partial charge on any atom is -0.457 e. The lowest BCUT2D eigenvalue weighted by molar-refractivity contribution is -0.458. The lowest BCUT2D eigenvalue weighted by atomic mass is 9.35.